The number of ether oxygens (including phenoxy) is 2. The fourth-order valence-electron chi connectivity index (χ4n) is 2.76. The molecule has 1 amide bonds. The average molecular weight is 504 g/mol. The van der Waals surface area contributed by atoms with E-state index in [1.807, 2.05) is 13.8 Å². The molecule has 2 aromatic rings. The predicted octanol–water partition coefficient (Wildman–Crippen LogP) is 3.92. The third-order valence-corrected chi connectivity index (χ3v) is 6.56. The number of carbonyl (C=O) groups is 3. The Bertz CT molecular complexity index is 1110. The Morgan fingerprint density at radius 1 is 1.06 bits per heavy atom. The van der Waals surface area contributed by atoms with Gasteiger partial charge in [-0.15, -0.1) is 11.3 Å². The van der Waals surface area contributed by atoms with Crippen molar-refractivity contribution in [1.82, 2.24) is 0 Å². The normalized spacial score (nSPS) is 11.5. The van der Waals surface area contributed by atoms with Crippen LogP contribution >= 0.6 is 11.3 Å². The lowest BCUT2D eigenvalue weighted by molar-refractivity contribution is -0.119. The van der Waals surface area contributed by atoms with Crippen molar-refractivity contribution in [3.8, 4) is 0 Å². The van der Waals surface area contributed by atoms with E-state index in [0.717, 1.165) is 41.2 Å². The van der Waals surface area contributed by atoms with Crippen molar-refractivity contribution in [2.45, 2.75) is 37.8 Å². The molecule has 0 unspecified atom stereocenters. The number of esters is 2. The lowest BCUT2D eigenvalue weighted by atomic mass is 10.0. The number of alkyl halides is 2. The number of rotatable bonds is 10. The molecule has 0 saturated carbocycles. The summed E-state index contributed by atoms with van der Waals surface area (Å²) in [4.78, 5) is 36.1. The van der Waals surface area contributed by atoms with Gasteiger partial charge >= 0.3 is 17.7 Å². The molecule has 180 valence electrons. The fourth-order valence-corrected chi connectivity index (χ4v) is 4.46. The number of anilines is 1. The van der Waals surface area contributed by atoms with E-state index in [1.54, 1.807) is 12.3 Å². The number of carbonyl (C=O) groups excluding carboxylic acids is 3. The highest BCUT2D eigenvalue weighted by atomic mass is 32.2. The van der Waals surface area contributed by atoms with Gasteiger partial charge in [-0.05, 0) is 54.5 Å². The van der Waals surface area contributed by atoms with Crippen LogP contribution in [-0.4, -0.2) is 45.2 Å². The van der Waals surface area contributed by atoms with Crippen molar-refractivity contribution in [2.75, 3.05) is 18.5 Å². The number of amides is 1. The maximum absolute atomic E-state index is 12.6. The minimum absolute atomic E-state index is 0.126. The van der Waals surface area contributed by atoms with Gasteiger partial charge in [-0.1, -0.05) is 13.8 Å². The molecule has 0 bridgehead atoms. The summed E-state index contributed by atoms with van der Waals surface area (Å²) in [5.74, 6) is -5.55. The van der Waals surface area contributed by atoms with Crippen molar-refractivity contribution in [3.05, 3.63) is 46.3 Å². The van der Waals surface area contributed by atoms with Crippen LogP contribution in [0.1, 0.15) is 47.1 Å². The molecule has 8 nitrogen and oxygen atoms in total. The summed E-state index contributed by atoms with van der Waals surface area (Å²) in [7, 11) is -4.79. The summed E-state index contributed by atoms with van der Waals surface area (Å²) in [5.41, 5.74) is 0.865. The molecule has 12 heteroatoms. The second kappa shape index (κ2) is 11.3. The molecule has 2 rings (SSSR count). The first-order valence-corrected chi connectivity index (χ1v) is 12.3. The number of sulfone groups is 1. The zero-order valence-electron chi connectivity index (χ0n) is 18.1. The van der Waals surface area contributed by atoms with Crippen molar-refractivity contribution >= 4 is 44.0 Å². The Balaban J connectivity index is 2.05. The first kappa shape index (κ1) is 26.4. The molecular formula is C21H23F2NO7S2. The van der Waals surface area contributed by atoms with Gasteiger partial charge in [-0.3, -0.25) is 4.79 Å². The topological polar surface area (TPSA) is 116 Å². The minimum Gasteiger partial charge on any atom is -0.462 e. The smallest absolute Gasteiger partial charge is 0.341 e. The van der Waals surface area contributed by atoms with Gasteiger partial charge in [0.15, 0.2) is 6.61 Å². The maximum atomic E-state index is 12.6. The second-order valence-corrected chi connectivity index (χ2v) is 10.0. The molecule has 1 aromatic heterocycles. The third kappa shape index (κ3) is 6.81. The fraction of sp³-hybridized carbons (Fsp3) is 0.381. The second-order valence-electron chi connectivity index (χ2n) is 7.24. The predicted molar refractivity (Wildman–Crippen MR) is 117 cm³/mol. The van der Waals surface area contributed by atoms with Crippen molar-refractivity contribution in [1.29, 1.82) is 0 Å². The van der Waals surface area contributed by atoms with Crippen LogP contribution in [0.5, 0.6) is 0 Å². The van der Waals surface area contributed by atoms with Crippen LogP contribution in [0.2, 0.25) is 0 Å². The van der Waals surface area contributed by atoms with Gasteiger partial charge in [0.25, 0.3) is 5.91 Å². The van der Waals surface area contributed by atoms with Crippen LogP contribution in [0.4, 0.5) is 13.8 Å². The van der Waals surface area contributed by atoms with Crippen molar-refractivity contribution in [3.63, 3.8) is 0 Å². The lowest BCUT2D eigenvalue weighted by Crippen LogP contribution is -2.22. The summed E-state index contributed by atoms with van der Waals surface area (Å²) in [6.07, 6.45) is 0.604. The van der Waals surface area contributed by atoms with Gasteiger partial charge in [-0.2, -0.15) is 8.78 Å². The Labute approximate surface area is 193 Å². The number of halogens is 2. The van der Waals surface area contributed by atoms with Crippen LogP contribution < -0.4 is 5.32 Å². The van der Waals surface area contributed by atoms with Gasteiger partial charge in [-0.25, -0.2) is 18.0 Å². The summed E-state index contributed by atoms with van der Waals surface area (Å²) in [5, 5.41) is 4.55. The van der Waals surface area contributed by atoms with E-state index < -0.39 is 44.9 Å². The molecule has 0 aliphatic rings. The van der Waals surface area contributed by atoms with E-state index in [-0.39, 0.29) is 28.7 Å². The van der Waals surface area contributed by atoms with E-state index in [2.05, 4.69) is 5.32 Å². The largest absolute Gasteiger partial charge is 0.462 e. The van der Waals surface area contributed by atoms with Crippen LogP contribution in [-0.2, 0) is 30.5 Å². The Morgan fingerprint density at radius 3 is 2.24 bits per heavy atom. The summed E-state index contributed by atoms with van der Waals surface area (Å²) < 4.78 is 58.0. The van der Waals surface area contributed by atoms with Gasteiger partial charge in [0.2, 0.25) is 9.84 Å². The lowest BCUT2D eigenvalue weighted by Gasteiger charge is -2.10. The van der Waals surface area contributed by atoms with Crippen LogP contribution in [0, 0.1) is 5.92 Å². The monoisotopic (exact) mass is 503 g/mol. The molecule has 0 saturated heterocycles. The highest BCUT2D eigenvalue weighted by Gasteiger charge is 2.27. The maximum Gasteiger partial charge on any atom is 0.341 e. The molecule has 1 heterocycles. The third-order valence-electron chi connectivity index (χ3n) is 4.22. The van der Waals surface area contributed by atoms with Gasteiger partial charge in [0, 0.05) is 0 Å². The van der Waals surface area contributed by atoms with Gasteiger partial charge in [0.05, 0.1) is 22.6 Å². The SMILES string of the molecule is CCOC(=O)c1c(CC(C)C)csc1NC(=O)COC(=O)c1ccc(S(=O)(=O)C(F)F)cc1. The van der Waals surface area contributed by atoms with Crippen LogP contribution in [0.15, 0.2) is 34.5 Å². The number of hydrogen-bond donors (Lipinski definition) is 1. The van der Waals surface area contributed by atoms with Crippen LogP contribution in [0.25, 0.3) is 0 Å². The summed E-state index contributed by atoms with van der Waals surface area (Å²) >= 11 is 1.15. The molecule has 33 heavy (non-hydrogen) atoms. The average Bonchev–Trinajstić information content (AvgIpc) is 3.13. The van der Waals surface area contributed by atoms with E-state index in [0.29, 0.717) is 6.42 Å². The first-order chi connectivity index (χ1) is 15.5. The van der Waals surface area contributed by atoms with Gasteiger partial charge < -0.3 is 14.8 Å². The molecule has 0 spiro atoms. The number of hydrogen-bond acceptors (Lipinski definition) is 8. The molecule has 0 radical (unpaired) electrons. The van der Waals surface area contributed by atoms with E-state index in [4.69, 9.17) is 9.47 Å². The van der Waals surface area contributed by atoms with Crippen molar-refractivity contribution < 1.29 is 41.1 Å². The van der Waals surface area contributed by atoms with E-state index in [9.17, 15) is 31.6 Å². The Kier molecular flexibility index (Phi) is 9.06. The number of thiophene rings is 1. The van der Waals surface area contributed by atoms with Crippen LogP contribution in [0.3, 0.4) is 0 Å². The Hall–Kier alpha value is -2.86. The molecular weight excluding hydrogens is 480 g/mol. The summed E-state index contributed by atoms with van der Waals surface area (Å²) in [6.45, 7) is 5.12. The molecule has 0 atom stereocenters. The summed E-state index contributed by atoms with van der Waals surface area (Å²) in [6, 6.07) is 3.72. The Morgan fingerprint density at radius 2 is 1.70 bits per heavy atom. The molecule has 1 N–H and O–H groups in total. The molecule has 0 aliphatic carbocycles. The quantitative estimate of drug-likeness (QED) is 0.489. The molecule has 0 aliphatic heterocycles. The standard InChI is InChI=1S/C21H23F2NO7S2/c1-4-30-20(27)17-14(9-12(2)3)11-32-18(17)24-16(25)10-31-19(26)13-5-7-15(8-6-13)33(28,29)21(22)23/h5-8,11-12,21H,4,9-10H2,1-3H3,(H,24,25). The zero-order chi connectivity index (χ0) is 24.8. The first-order valence-electron chi connectivity index (χ1n) is 9.83. The number of benzene rings is 1. The number of nitrogens with one attached hydrogen (secondary N) is 1. The zero-order valence-corrected chi connectivity index (χ0v) is 19.7. The minimum atomic E-state index is -4.79. The molecule has 1 aromatic carbocycles. The van der Waals surface area contributed by atoms with E-state index >= 15 is 0 Å². The van der Waals surface area contributed by atoms with E-state index in [1.165, 1.54) is 0 Å². The van der Waals surface area contributed by atoms with Gasteiger partial charge in [0.1, 0.15) is 5.00 Å². The molecule has 0 fully saturated rings. The highest BCUT2D eigenvalue weighted by molar-refractivity contribution is 7.91. The highest BCUT2D eigenvalue weighted by Crippen LogP contribution is 2.31. The van der Waals surface area contributed by atoms with Crippen molar-refractivity contribution in [2.24, 2.45) is 5.92 Å².